The van der Waals surface area contributed by atoms with Crippen molar-refractivity contribution < 1.29 is 9.53 Å². The van der Waals surface area contributed by atoms with Crippen molar-refractivity contribution >= 4 is 28.1 Å². The predicted octanol–water partition coefficient (Wildman–Crippen LogP) is 3.60. The molecule has 2 rings (SSSR count). The van der Waals surface area contributed by atoms with Crippen LogP contribution in [-0.2, 0) is 4.79 Å². The van der Waals surface area contributed by atoms with E-state index in [0.29, 0.717) is 5.75 Å². The summed E-state index contributed by atoms with van der Waals surface area (Å²) in [5, 5.41) is 3.90. The number of rotatable bonds is 5. The molecular weight excluding hydrogens is 344 g/mol. The van der Waals surface area contributed by atoms with Gasteiger partial charge in [-0.1, -0.05) is 34.1 Å². The molecule has 0 heterocycles. The van der Waals surface area contributed by atoms with E-state index < -0.39 is 0 Å². The summed E-state index contributed by atoms with van der Waals surface area (Å²) < 4.78 is 6.39. The van der Waals surface area contributed by atoms with Crippen LogP contribution in [0.4, 0.5) is 0 Å². The highest BCUT2D eigenvalue weighted by Crippen LogP contribution is 2.16. The molecule has 0 aromatic heterocycles. The van der Waals surface area contributed by atoms with Crippen molar-refractivity contribution in [3.05, 3.63) is 63.6 Å². The van der Waals surface area contributed by atoms with Crippen LogP contribution in [0.2, 0.25) is 0 Å². The zero-order chi connectivity index (χ0) is 15.9. The molecule has 2 aromatic carbocycles. The van der Waals surface area contributed by atoms with Crippen LogP contribution in [0, 0.1) is 13.8 Å². The number of carbonyl (C=O) groups excluding carboxylic acids is 1. The molecule has 0 aliphatic carbocycles. The summed E-state index contributed by atoms with van der Waals surface area (Å²) in [5.74, 6) is 0.374. The lowest BCUT2D eigenvalue weighted by molar-refractivity contribution is -0.123. The molecule has 0 saturated heterocycles. The average Bonchev–Trinajstić information content (AvgIpc) is 2.48. The minimum Gasteiger partial charge on any atom is -0.484 e. The van der Waals surface area contributed by atoms with Gasteiger partial charge < -0.3 is 4.74 Å². The second-order valence-corrected chi connectivity index (χ2v) is 5.80. The molecule has 1 N–H and O–H groups in total. The van der Waals surface area contributed by atoms with Crippen molar-refractivity contribution in [1.82, 2.24) is 5.43 Å². The summed E-state index contributed by atoms with van der Waals surface area (Å²) in [7, 11) is 0. The Labute approximate surface area is 138 Å². The maximum atomic E-state index is 11.7. The van der Waals surface area contributed by atoms with Crippen molar-refractivity contribution in [2.45, 2.75) is 13.8 Å². The third-order valence-electron chi connectivity index (χ3n) is 3.10. The van der Waals surface area contributed by atoms with E-state index in [-0.39, 0.29) is 12.5 Å². The number of benzene rings is 2. The minimum absolute atomic E-state index is 0.0711. The second kappa shape index (κ2) is 7.75. The quantitative estimate of drug-likeness (QED) is 0.654. The number of nitrogens with zero attached hydrogens (tertiary/aromatic N) is 1. The van der Waals surface area contributed by atoms with Gasteiger partial charge in [-0.05, 0) is 54.8 Å². The van der Waals surface area contributed by atoms with Crippen LogP contribution in [0.1, 0.15) is 16.7 Å². The van der Waals surface area contributed by atoms with Crippen LogP contribution in [-0.4, -0.2) is 18.7 Å². The van der Waals surface area contributed by atoms with Gasteiger partial charge in [0.2, 0.25) is 0 Å². The van der Waals surface area contributed by atoms with Gasteiger partial charge in [-0.3, -0.25) is 4.79 Å². The van der Waals surface area contributed by atoms with Crippen LogP contribution in [0.5, 0.6) is 5.75 Å². The van der Waals surface area contributed by atoms with E-state index in [1.807, 2.05) is 56.3 Å². The Hall–Kier alpha value is -2.14. The molecule has 0 radical (unpaired) electrons. The van der Waals surface area contributed by atoms with E-state index in [0.717, 1.165) is 15.6 Å². The molecule has 0 fully saturated rings. The molecule has 0 bridgehead atoms. The molecule has 0 spiro atoms. The Morgan fingerprint density at radius 3 is 2.77 bits per heavy atom. The molecule has 4 nitrogen and oxygen atoms in total. The Balaban J connectivity index is 1.81. The number of ether oxygens (including phenoxy) is 1. The lowest BCUT2D eigenvalue weighted by Gasteiger charge is -2.07. The van der Waals surface area contributed by atoms with E-state index in [2.05, 4.69) is 26.5 Å². The molecule has 0 aliphatic heterocycles. The highest BCUT2D eigenvalue weighted by atomic mass is 79.9. The number of hydrazone groups is 1. The highest BCUT2D eigenvalue weighted by Gasteiger charge is 2.02. The zero-order valence-corrected chi connectivity index (χ0v) is 14.1. The molecule has 1 amide bonds. The number of hydrogen-bond acceptors (Lipinski definition) is 3. The topological polar surface area (TPSA) is 50.7 Å². The SMILES string of the molecule is Cc1ccc(OCC(=O)NN=Cc2cccc(Br)c2)cc1C. The fraction of sp³-hybridized carbons (Fsp3) is 0.176. The van der Waals surface area contributed by atoms with E-state index in [9.17, 15) is 4.79 Å². The van der Waals surface area contributed by atoms with Crippen molar-refractivity contribution in [2.75, 3.05) is 6.61 Å². The molecule has 2 aromatic rings. The Morgan fingerprint density at radius 2 is 2.05 bits per heavy atom. The number of amides is 1. The first-order chi connectivity index (χ1) is 10.5. The predicted molar refractivity (Wildman–Crippen MR) is 91.3 cm³/mol. The first kappa shape index (κ1) is 16.2. The smallest absolute Gasteiger partial charge is 0.277 e. The van der Waals surface area contributed by atoms with Crippen molar-refractivity contribution in [1.29, 1.82) is 0 Å². The van der Waals surface area contributed by atoms with Crippen molar-refractivity contribution in [3.8, 4) is 5.75 Å². The monoisotopic (exact) mass is 360 g/mol. The van der Waals surface area contributed by atoms with Gasteiger partial charge in [0.25, 0.3) is 5.91 Å². The molecule has 114 valence electrons. The fourth-order valence-electron chi connectivity index (χ4n) is 1.75. The summed E-state index contributed by atoms with van der Waals surface area (Å²) in [5.41, 5.74) is 5.65. The number of carbonyl (C=O) groups is 1. The van der Waals surface area contributed by atoms with Gasteiger partial charge in [-0.2, -0.15) is 5.10 Å². The van der Waals surface area contributed by atoms with Crippen molar-refractivity contribution in [3.63, 3.8) is 0 Å². The summed E-state index contributed by atoms with van der Waals surface area (Å²) in [6, 6.07) is 13.3. The van der Waals surface area contributed by atoms with E-state index >= 15 is 0 Å². The van der Waals surface area contributed by atoms with Crippen LogP contribution in [0.15, 0.2) is 52.0 Å². The van der Waals surface area contributed by atoms with Gasteiger partial charge in [0.1, 0.15) is 5.75 Å². The van der Waals surface area contributed by atoms with Gasteiger partial charge in [0.15, 0.2) is 6.61 Å². The normalized spacial score (nSPS) is 10.7. The average molecular weight is 361 g/mol. The first-order valence-electron chi connectivity index (χ1n) is 6.82. The number of halogens is 1. The summed E-state index contributed by atoms with van der Waals surface area (Å²) in [4.78, 5) is 11.7. The lowest BCUT2D eigenvalue weighted by Crippen LogP contribution is -2.24. The van der Waals surface area contributed by atoms with Crippen LogP contribution in [0.3, 0.4) is 0 Å². The summed E-state index contributed by atoms with van der Waals surface area (Å²) in [6.45, 7) is 3.96. The number of aryl methyl sites for hydroxylation is 2. The largest absolute Gasteiger partial charge is 0.484 e. The van der Waals surface area contributed by atoms with Crippen LogP contribution in [0.25, 0.3) is 0 Å². The van der Waals surface area contributed by atoms with E-state index in [1.165, 1.54) is 5.56 Å². The zero-order valence-electron chi connectivity index (χ0n) is 12.5. The highest BCUT2D eigenvalue weighted by molar-refractivity contribution is 9.10. The fourth-order valence-corrected chi connectivity index (χ4v) is 2.17. The third-order valence-corrected chi connectivity index (χ3v) is 3.59. The Morgan fingerprint density at radius 1 is 1.23 bits per heavy atom. The second-order valence-electron chi connectivity index (χ2n) is 4.88. The Bertz CT molecular complexity index is 699. The van der Waals surface area contributed by atoms with E-state index in [4.69, 9.17) is 4.74 Å². The standard InChI is InChI=1S/C17H17BrN2O2/c1-12-6-7-16(8-13(12)2)22-11-17(21)20-19-10-14-4-3-5-15(18)9-14/h3-10H,11H2,1-2H3,(H,20,21). The first-order valence-corrected chi connectivity index (χ1v) is 7.61. The molecule has 0 unspecified atom stereocenters. The molecule has 0 atom stereocenters. The van der Waals surface area contributed by atoms with Gasteiger partial charge in [0, 0.05) is 4.47 Å². The van der Waals surface area contributed by atoms with Gasteiger partial charge in [0.05, 0.1) is 6.21 Å². The molecular formula is C17H17BrN2O2. The molecule has 0 aliphatic rings. The Kier molecular flexibility index (Phi) is 5.72. The van der Waals surface area contributed by atoms with E-state index in [1.54, 1.807) is 6.21 Å². The van der Waals surface area contributed by atoms with Crippen molar-refractivity contribution in [2.24, 2.45) is 5.10 Å². The molecule has 22 heavy (non-hydrogen) atoms. The summed E-state index contributed by atoms with van der Waals surface area (Å²) in [6.07, 6.45) is 1.58. The number of hydrogen-bond donors (Lipinski definition) is 1. The lowest BCUT2D eigenvalue weighted by atomic mass is 10.1. The number of nitrogens with one attached hydrogen (secondary N) is 1. The van der Waals surface area contributed by atoms with Gasteiger partial charge in [-0.15, -0.1) is 0 Å². The van der Waals surface area contributed by atoms with Gasteiger partial charge in [-0.25, -0.2) is 5.43 Å². The van der Waals surface area contributed by atoms with Crippen LogP contribution >= 0.6 is 15.9 Å². The maximum absolute atomic E-state index is 11.7. The maximum Gasteiger partial charge on any atom is 0.277 e. The minimum atomic E-state index is -0.301. The van der Waals surface area contributed by atoms with Crippen LogP contribution < -0.4 is 10.2 Å². The molecule has 5 heteroatoms. The van der Waals surface area contributed by atoms with Gasteiger partial charge >= 0.3 is 0 Å². The molecule has 0 saturated carbocycles. The summed E-state index contributed by atoms with van der Waals surface area (Å²) >= 11 is 3.38. The third kappa shape index (κ3) is 5.00.